The number of halogens is 1. The van der Waals surface area contributed by atoms with Gasteiger partial charge in [-0.25, -0.2) is 9.07 Å². The monoisotopic (exact) mass is 480 g/mol. The van der Waals surface area contributed by atoms with Crippen molar-refractivity contribution in [2.45, 2.75) is 26.9 Å². The number of hydrogen-bond donors (Lipinski definition) is 0. The van der Waals surface area contributed by atoms with Crippen molar-refractivity contribution in [2.24, 2.45) is 7.05 Å². The van der Waals surface area contributed by atoms with Crippen molar-refractivity contribution in [1.29, 1.82) is 0 Å². The fourth-order valence-electron chi connectivity index (χ4n) is 4.71. The number of rotatable bonds is 4. The van der Waals surface area contributed by atoms with Crippen LogP contribution in [0, 0.1) is 19.7 Å². The van der Waals surface area contributed by atoms with Crippen LogP contribution in [0.25, 0.3) is 22.8 Å². The summed E-state index contributed by atoms with van der Waals surface area (Å²) in [6.45, 7) is 5.05. The number of benzene rings is 2. The first-order valence-electron chi connectivity index (χ1n) is 11.8. The van der Waals surface area contributed by atoms with Crippen molar-refractivity contribution >= 4 is 5.91 Å². The maximum atomic E-state index is 13.5. The Bertz CT molecular complexity index is 1590. The second-order valence-corrected chi connectivity index (χ2v) is 9.23. The summed E-state index contributed by atoms with van der Waals surface area (Å²) in [5, 5.41) is 9.43. The lowest BCUT2D eigenvalue weighted by atomic mass is 10.1. The molecule has 180 valence electrons. The summed E-state index contributed by atoms with van der Waals surface area (Å²) in [5.41, 5.74) is 7.19. The largest absolute Gasteiger partial charge is 0.327 e. The lowest BCUT2D eigenvalue weighted by molar-refractivity contribution is 0.0738. The summed E-state index contributed by atoms with van der Waals surface area (Å²) >= 11 is 0. The molecule has 0 saturated heterocycles. The average molecular weight is 481 g/mol. The van der Waals surface area contributed by atoms with Crippen LogP contribution in [0.3, 0.4) is 0 Å². The zero-order valence-electron chi connectivity index (χ0n) is 20.3. The molecule has 5 aromatic rings. The van der Waals surface area contributed by atoms with Crippen LogP contribution in [0.15, 0.2) is 73.1 Å². The number of hydrogen-bond acceptors (Lipinski definition) is 3. The third-order valence-corrected chi connectivity index (χ3v) is 6.84. The van der Waals surface area contributed by atoms with E-state index in [1.165, 1.54) is 23.3 Å². The van der Waals surface area contributed by atoms with Gasteiger partial charge in [0.15, 0.2) is 0 Å². The van der Waals surface area contributed by atoms with Gasteiger partial charge in [-0.15, -0.1) is 0 Å². The molecule has 6 rings (SSSR count). The van der Waals surface area contributed by atoms with Gasteiger partial charge in [0.1, 0.15) is 17.3 Å². The fourth-order valence-corrected chi connectivity index (χ4v) is 4.71. The highest BCUT2D eigenvalue weighted by Gasteiger charge is 2.33. The molecule has 1 amide bonds. The highest BCUT2D eigenvalue weighted by molar-refractivity contribution is 5.94. The summed E-state index contributed by atoms with van der Waals surface area (Å²) < 4.78 is 18.9. The molecule has 7 nitrogen and oxygen atoms in total. The van der Waals surface area contributed by atoms with Gasteiger partial charge in [0.25, 0.3) is 5.91 Å². The normalized spacial score (nSPS) is 12.8. The predicted molar refractivity (Wildman–Crippen MR) is 135 cm³/mol. The Kier molecular flexibility index (Phi) is 5.10. The van der Waals surface area contributed by atoms with Gasteiger partial charge in [-0.3, -0.25) is 9.48 Å². The van der Waals surface area contributed by atoms with E-state index in [9.17, 15) is 9.18 Å². The van der Waals surface area contributed by atoms with Gasteiger partial charge in [-0.2, -0.15) is 10.2 Å². The summed E-state index contributed by atoms with van der Waals surface area (Å²) in [6, 6.07) is 18.1. The van der Waals surface area contributed by atoms with Crippen molar-refractivity contribution in [3.05, 3.63) is 107 Å². The number of aryl methyl sites for hydroxylation is 3. The van der Waals surface area contributed by atoms with Crippen LogP contribution in [-0.4, -0.2) is 34.9 Å². The lowest BCUT2D eigenvalue weighted by Gasteiger charge is -2.17. The van der Waals surface area contributed by atoms with Crippen molar-refractivity contribution in [3.8, 4) is 22.8 Å². The van der Waals surface area contributed by atoms with Crippen LogP contribution in [0.1, 0.15) is 32.9 Å². The molecule has 1 aliphatic heterocycles. The van der Waals surface area contributed by atoms with E-state index in [0.29, 0.717) is 24.5 Å². The number of nitrogens with zero attached hydrogens (tertiary/aromatic N) is 6. The standard InChI is InChI=1S/C28H25FN6O/c1-18-6-11-22(14-19(18)2)35-27(33-12-4-5-13-33)23-16-34(17-25(23)31-35)28(36)26-15-24(30-32(26)3)20-7-9-21(29)10-8-20/h4-15H,16-17H2,1-3H3. The Hall–Kier alpha value is -4.46. The maximum absolute atomic E-state index is 13.5. The molecular formula is C28H25FN6O. The van der Waals surface area contributed by atoms with Crippen LogP contribution in [0.4, 0.5) is 4.39 Å². The van der Waals surface area contributed by atoms with Gasteiger partial charge in [0.2, 0.25) is 0 Å². The van der Waals surface area contributed by atoms with E-state index in [-0.39, 0.29) is 11.7 Å². The second-order valence-electron chi connectivity index (χ2n) is 9.23. The number of fused-ring (bicyclic) bond motifs is 1. The SMILES string of the molecule is Cc1ccc(-n2nc3c(c2-n2cccc2)CN(C(=O)c2cc(-c4ccc(F)cc4)nn2C)C3)cc1C. The van der Waals surface area contributed by atoms with Gasteiger partial charge in [-0.1, -0.05) is 6.07 Å². The van der Waals surface area contributed by atoms with Crippen molar-refractivity contribution < 1.29 is 9.18 Å². The van der Waals surface area contributed by atoms with Crippen LogP contribution >= 0.6 is 0 Å². The smallest absolute Gasteiger partial charge is 0.272 e. The van der Waals surface area contributed by atoms with Crippen molar-refractivity contribution in [3.63, 3.8) is 0 Å². The van der Waals surface area contributed by atoms with E-state index in [4.69, 9.17) is 5.10 Å². The highest BCUT2D eigenvalue weighted by Crippen LogP contribution is 2.32. The summed E-state index contributed by atoms with van der Waals surface area (Å²) in [4.78, 5) is 15.3. The van der Waals surface area contributed by atoms with Gasteiger partial charge < -0.3 is 9.47 Å². The number of amides is 1. The Morgan fingerprint density at radius 3 is 2.39 bits per heavy atom. The molecule has 0 atom stereocenters. The first-order chi connectivity index (χ1) is 17.4. The third kappa shape index (κ3) is 3.62. The Morgan fingerprint density at radius 1 is 0.917 bits per heavy atom. The molecule has 0 aliphatic carbocycles. The predicted octanol–water partition coefficient (Wildman–Crippen LogP) is 4.98. The summed E-state index contributed by atoms with van der Waals surface area (Å²) in [7, 11) is 1.75. The molecule has 1 aliphatic rings. The zero-order valence-corrected chi connectivity index (χ0v) is 20.3. The minimum absolute atomic E-state index is 0.118. The molecule has 0 unspecified atom stereocenters. The van der Waals surface area contributed by atoms with Gasteiger partial charge in [-0.05, 0) is 79.6 Å². The highest BCUT2D eigenvalue weighted by atomic mass is 19.1. The minimum Gasteiger partial charge on any atom is -0.327 e. The molecule has 0 radical (unpaired) electrons. The fraction of sp³-hybridized carbons (Fsp3) is 0.179. The molecule has 4 heterocycles. The van der Waals surface area contributed by atoms with Crippen LogP contribution in [-0.2, 0) is 20.1 Å². The molecule has 0 fully saturated rings. The molecule has 2 aromatic carbocycles. The van der Waals surface area contributed by atoms with E-state index in [2.05, 4.69) is 37.1 Å². The van der Waals surface area contributed by atoms with Gasteiger partial charge in [0.05, 0.1) is 30.2 Å². The van der Waals surface area contributed by atoms with E-state index in [1.54, 1.807) is 34.8 Å². The summed E-state index contributed by atoms with van der Waals surface area (Å²) in [6.07, 6.45) is 3.99. The first-order valence-corrected chi connectivity index (χ1v) is 11.8. The van der Waals surface area contributed by atoms with Crippen molar-refractivity contribution in [2.75, 3.05) is 0 Å². The van der Waals surface area contributed by atoms with E-state index < -0.39 is 0 Å². The van der Waals surface area contributed by atoms with Crippen molar-refractivity contribution in [1.82, 2.24) is 29.0 Å². The minimum atomic E-state index is -0.308. The molecule has 0 N–H and O–H groups in total. The molecule has 0 bridgehead atoms. The Balaban J connectivity index is 1.34. The van der Waals surface area contributed by atoms with E-state index >= 15 is 0 Å². The lowest BCUT2D eigenvalue weighted by Crippen LogP contribution is -2.28. The number of carbonyl (C=O) groups is 1. The average Bonchev–Trinajstić information content (AvgIpc) is 3.64. The molecule has 3 aromatic heterocycles. The van der Waals surface area contributed by atoms with E-state index in [1.807, 2.05) is 33.8 Å². The Labute approximate surface area is 208 Å². The van der Waals surface area contributed by atoms with Gasteiger partial charge in [0, 0.05) is 30.6 Å². The Morgan fingerprint density at radius 2 is 1.67 bits per heavy atom. The molecule has 0 saturated carbocycles. The maximum Gasteiger partial charge on any atom is 0.272 e. The van der Waals surface area contributed by atoms with Crippen LogP contribution < -0.4 is 0 Å². The van der Waals surface area contributed by atoms with Crippen LogP contribution in [0.2, 0.25) is 0 Å². The third-order valence-electron chi connectivity index (χ3n) is 6.84. The number of aromatic nitrogens is 5. The van der Waals surface area contributed by atoms with Crippen LogP contribution in [0.5, 0.6) is 0 Å². The summed E-state index contributed by atoms with van der Waals surface area (Å²) in [5.74, 6) is 0.509. The first kappa shape index (κ1) is 22.0. The molecular weight excluding hydrogens is 455 g/mol. The second kappa shape index (κ2) is 8.34. The molecule has 36 heavy (non-hydrogen) atoms. The quantitative estimate of drug-likeness (QED) is 0.365. The topological polar surface area (TPSA) is 60.9 Å². The van der Waals surface area contributed by atoms with E-state index in [0.717, 1.165) is 28.3 Å². The molecule has 8 heteroatoms. The number of carbonyl (C=O) groups excluding carboxylic acids is 1. The molecule has 0 spiro atoms. The van der Waals surface area contributed by atoms with Gasteiger partial charge >= 0.3 is 0 Å². The zero-order chi connectivity index (χ0) is 25.0.